The second-order valence-corrected chi connectivity index (χ2v) is 5.34. The van der Waals surface area contributed by atoms with Crippen LogP contribution in [0.5, 0.6) is 0 Å². The zero-order valence-electron chi connectivity index (χ0n) is 10.5. The lowest BCUT2D eigenvalue weighted by Crippen LogP contribution is -2.41. The highest BCUT2D eigenvalue weighted by atomic mass is 16.3. The summed E-state index contributed by atoms with van der Waals surface area (Å²) >= 11 is 0. The third-order valence-electron chi connectivity index (χ3n) is 4.39. The number of nitrogens with one attached hydrogen (secondary N) is 1. The minimum atomic E-state index is 0.334. The van der Waals surface area contributed by atoms with Gasteiger partial charge in [0.25, 0.3) is 0 Å². The zero-order valence-corrected chi connectivity index (χ0v) is 10.5. The first-order valence-corrected chi connectivity index (χ1v) is 6.93. The Hall–Kier alpha value is -0.120. The van der Waals surface area contributed by atoms with Gasteiger partial charge < -0.3 is 10.4 Å². The summed E-state index contributed by atoms with van der Waals surface area (Å²) in [4.78, 5) is 2.64. The molecule has 2 heterocycles. The highest BCUT2D eigenvalue weighted by Gasteiger charge is 2.36. The van der Waals surface area contributed by atoms with Crippen LogP contribution in [-0.4, -0.2) is 48.3 Å². The van der Waals surface area contributed by atoms with E-state index < -0.39 is 0 Å². The van der Waals surface area contributed by atoms with Gasteiger partial charge in [-0.05, 0) is 44.7 Å². The number of aliphatic hydroxyl groups excluding tert-OH is 1. The molecule has 2 rings (SSSR count). The van der Waals surface area contributed by atoms with Gasteiger partial charge in [-0.3, -0.25) is 4.90 Å². The summed E-state index contributed by atoms with van der Waals surface area (Å²) in [5.41, 5.74) is 0. The molecular weight excluding hydrogens is 200 g/mol. The normalized spacial score (nSPS) is 31.9. The van der Waals surface area contributed by atoms with Crippen molar-refractivity contribution in [2.75, 3.05) is 26.2 Å². The fourth-order valence-corrected chi connectivity index (χ4v) is 3.27. The SMILES string of the molecule is CCC(CCO)CNC1CCN2CCCC12. The Morgan fingerprint density at radius 1 is 1.38 bits per heavy atom. The average molecular weight is 226 g/mol. The van der Waals surface area contributed by atoms with Gasteiger partial charge in [-0.2, -0.15) is 0 Å². The molecule has 3 unspecified atom stereocenters. The largest absolute Gasteiger partial charge is 0.396 e. The Labute approximate surface area is 99.2 Å². The van der Waals surface area contributed by atoms with Crippen molar-refractivity contribution in [2.45, 2.75) is 51.1 Å². The maximum atomic E-state index is 8.97. The highest BCUT2D eigenvalue weighted by Crippen LogP contribution is 2.28. The molecule has 2 fully saturated rings. The summed E-state index contributed by atoms with van der Waals surface area (Å²) in [6.07, 6.45) is 6.21. The van der Waals surface area contributed by atoms with E-state index >= 15 is 0 Å². The molecule has 0 spiro atoms. The highest BCUT2D eigenvalue weighted by molar-refractivity contribution is 4.95. The Balaban J connectivity index is 1.73. The van der Waals surface area contributed by atoms with Crippen molar-refractivity contribution in [1.82, 2.24) is 10.2 Å². The molecule has 0 aromatic heterocycles. The first kappa shape index (κ1) is 12.3. The summed E-state index contributed by atoms with van der Waals surface area (Å²) in [7, 11) is 0. The fourth-order valence-electron chi connectivity index (χ4n) is 3.27. The molecule has 0 aliphatic carbocycles. The predicted octanol–water partition coefficient (Wildman–Crippen LogP) is 1.22. The Kier molecular flexibility index (Phi) is 4.62. The molecule has 0 aromatic carbocycles. The Bertz CT molecular complexity index is 210. The molecule has 2 N–H and O–H groups in total. The van der Waals surface area contributed by atoms with Crippen molar-refractivity contribution < 1.29 is 5.11 Å². The van der Waals surface area contributed by atoms with E-state index in [1.807, 2.05) is 0 Å². The second kappa shape index (κ2) is 5.99. The van der Waals surface area contributed by atoms with Crippen molar-refractivity contribution in [3.8, 4) is 0 Å². The number of nitrogens with zero attached hydrogens (tertiary/aromatic N) is 1. The molecule has 0 radical (unpaired) electrons. The number of fused-ring (bicyclic) bond motifs is 1. The van der Waals surface area contributed by atoms with Crippen molar-refractivity contribution in [2.24, 2.45) is 5.92 Å². The molecule has 94 valence electrons. The average Bonchev–Trinajstić information content (AvgIpc) is 2.87. The molecule has 0 bridgehead atoms. The predicted molar refractivity (Wildman–Crippen MR) is 66.5 cm³/mol. The lowest BCUT2D eigenvalue weighted by atomic mass is 10.0. The molecule has 3 atom stereocenters. The van der Waals surface area contributed by atoms with Crippen LogP contribution in [0.15, 0.2) is 0 Å². The molecule has 3 heteroatoms. The van der Waals surface area contributed by atoms with Gasteiger partial charge >= 0.3 is 0 Å². The third kappa shape index (κ3) is 2.76. The molecule has 3 nitrogen and oxygen atoms in total. The van der Waals surface area contributed by atoms with E-state index in [0.29, 0.717) is 12.5 Å². The van der Waals surface area contributed by atoms with Crippen LogP contribution in [0.25, 0.3) is 0 Å². The first-order valence-electron chi connectivity index (χ1n) is 6.93. The zero-order chi connectivity index (χ0) is 11.4. The monoisotopic (exact) mass is 226 g/mol. The van der Waals surface area contributed by atoms with Gasteiger partial charge in [0.15, 0.2) is 0 Å². The van der Waals surface area contributed by atoms with Gasteiger partial charge in [-0.25, -0.2) is 0 Å². The van der Waals surface area contributed by atoms with E-state index in [1.165, 1.54) is 38.8 Å². The van der Waals surface area contributed by atoms with Crippen molar-refractivity contribution >= 4 is 0 Å². The van der Waals surface area contributed by atoms with E-state index in [1.54, 1.807) is 0 Å². The van der Waals surface area contributed by atoms with Crippen LogP contribution in [0.1, 0.15) is 39.0 Å². The fraction of sp³-hybridized carbons (Fsp3) is 1.00. The number of hydrogen-bond acceptors (Lipinski definition) is 3. The third-order valence-corrected chi connectivity index (χ3v) is 4.39. The molecule has 0 aromatic rings. The molecule has 0 amide bonds. The second-order valence-electron chi connectivity index (χ2n) is 5.34. The smallest absolute Gasteiger partial charge is 0.0434 e. The van der Waals surface area contributed by atoms with E-state index in [9.17, 15) is 0 Å². The minimum absolute atomic E-state index is 0.334. The maximum absolute atomic E-state index is 8.97. The van der Waals surface area contributed by atoms with E-state index in [0.717, 1.165) is 25.0 Å². The van der Waals surface area contributed by atoms with E-state index in [2.05, 4.69) is 17.1 Å². The lowest BCUT2D eigenvalue weighted by molar-refractivity contribution is 0.242. The van der Waals surface area contributed by atoms with Crippen LogP contribution >= 0.6 is 0 Å². The van der Waals surface area contributed by atoms with Gasteiger partial charge in [0.2, 0.25) is 0 Å². The molecular formula is C13H26N2O. The summed E-state index contributed by atoms with van der Waals surface area (Å²) < 4.78 is 0. The first-order chi connectivity index (χ1) is 7.85. The van der Waals surface area contributed by atoms with Crippen molar-refractivity contribution in [3.05, 3.63) is 0 Å². The number of hydrogen-bond donors (Lipinski definition) is 2. The van der Waals surface area contributed by atoms with Crippen LogP contribution in [0, 0.1) is 5.92 Å². The van der Waals surface area contributed by atoms with Gasteiger partial charge in [-0.1, -0.05) is 13.3 Å². The van der Waals surface area contributed by atoms with Gasteiger partial charge in [0.05, 0.1) is 0 Å². The van der Waals surface area contributed by atoms with Gasteiger partial charge in [0.1, 0.15) is 0 Å². The van der Waals surface area contributed by atoms with Crippen LogP contribution in [0.2, 0.25) is 0 Å². The van der Waals surface area contributed by atoms with Gasteiger partial charge in [0, 0.05) is 25.2 Å². The minimum Gasteiger partial charge on any atom is -0.396 e. The Morgan fingerprint density at radius 3 is 3.00 bits per heavy atom. The number of aliphatic hydroxyl groups is 1. The van der Waals surface area contributed by atoms with Crippen molar-refractivity contribution in [1.29, 1.82) is 0 Å². The van der Waals surface area contributed by atoms with E-state index in [-0.39, 0.29) is 0 Å². The topological polar surface area (TPSA) is 35.5 Å². The van der Waals surface area contributed by atoms with Crippen LogP contribution < -0.4 is 5.32 Å². The van der Waals surface area contributed by atoms with E-state index in [4.69, 9.17) is 5.11 Å². The van der Waals surface area contributed by atoms with Crippen molar-refractivity contribution in [3.63, 3.8) is 0 Å². The summed E-state index contributed by atoms with van der Waals surface area (Å²) in [6, 6.07) is 1.53. The molecule has 0 saturated carbocycles. The molecule has 2 saturated heterocycles. The molecule has 2 aliphatic heterocycles. The van der Waals surface area contributed by atoms with Gasteiger partial charge in [-0.15, -0.1) is 0 Å². The molecule has 16 heavy (non-hydrogen) atoms. The van der Waals surface area contributed by atoms with Crippen LogP contribution in [-0.2, 0) is 0 Å². The summed E-state index contributed by atoms with van der Waals surface area (Å²) in [5, 5.41) is 12.7. The van der Waals surface area contributed by atoms with Crippen LogP contribution in [0.3, 0.4) is 0 Å². The lowest BCUT2D eigenvalue weighted by Gasteiger charge is -2.23. The Morgan fingerprint density at radius 2 is 2.25 bits per heavy atom. The summed E-state index contributed by atoms with van der Waals surface area (Å²) in [6.45, 7) is 6.25. The van der Waals surface area contributed by atoms with Crippen LogP contribution in [0.4, 0.5) is 0 Å². The summed E-state index contributed by atoms with van der Waals surface area (Å²) in [5.74, 6) is 0.653. The molecule has 2 aliphatic rings. The quantitative estimate of drug-likeness (QED) is 0.715. The maximum Gasteiger partial charge on any atom is 0.0434 e. The number of rotatable bonds is 6. The standard InChI is InChI=1S/C13H26N2O/c1-2-11(6-9-16)10-14-12-5-8-15-7-3-4-13(12)15/h11-14,16H,2-10H2,1H3.